The van der Waals surface area contributed by atoms with Crippen LogP contribution in [-0.2, 0) is 15.7 Å². The van der Waals surface area contributed by atoms with Gasteiger partial charge in [0, 0.05) is 25.3 Å². The minimum atomic E-state index is -4.48. The molecule has 0 saturated carbocycles. The van der Waals surface area contributed by atoms with Gasteiger partial charge in [0.05, 0.1) is 42.0 Å². The van der Waals surface area contributed by atoms with Gasteiger partial charge in [0.15, 0.2) is 17.9 Å². The van der Waals surface area contributed by atoms with Gasteiger partial charge < -0.3 is 19.1 Å². The SMILES string of the molecule is O=C(Nc1cncc(OCCOC2CCCCO2)n1)N1c2nc(-c3cccc(C(F)(F)F)c3)ccc2N2CCC1C2. The molecule has 2 saturated heterocycles. The number of carbonyl (C=O) groups is 1. The summed E-state index contributed by atoms with van der Waals surface area (Å²) < 4.78 is 56.8. The number of benzene rings is 1. The first-order chi connectivity index (χ1) is 19.8. The number of ether oxygens (including phenoxy) is 3. The van der Waals surface area contributed by atoms with E-state index in [1.807, 2.05) is 0 Å². The molecule has 41 heavy (non-hydrogen) atoms. The number of hydrogen-bond acceptors (Lipinski definition) is 8. The van der Waals surface area contributed by atoms with Crippen LogP contribution in [0, 0.1) is 0 Å². The Kier molecular flexibility index (Phi) is 7.63. The number of urea groups is 1. The molecular formula is C28H29F3N6O4. The fourth-order valence-electron chi connectivity index (χ4n) is 5.30. The molecule has 216 valence electrons. The summed E-state index contributed by atoms with van der Waals surface area (Å²) in [6, 6.07) is 7.86. The smallest absolute Gasteiger partial charge is 0.416 e. The van der Waals surface area contributed by atoms with E-state index in [1.54, 1.807) is 23.1 Å². The predicted molar refractivity (Wildman–Crippen MR) is 144 cm³/mol. The summed E-state index contributed by atoms with van der Waals surface area (Å²) in [7, 11) is 0. The van der Waals surface area contributed by atoms with Crippen molar-refractivity contribution in [1.82, 2.24) is 15.0 Å². The number of rotatable bonds is 7. The lowest BCUT2D eigenvalue weighted by molar-refractivity contribution is -0.165. The third kappa shape index (κ3) is 6.05. The molecule has 1 aromatic carbocycles. The van der Waals surface area contributed by atoms with Gasteiger partial charge in [-0.15, -0.1) is 0 Å². The van der Waals surface area contributed by atoms with Crippen LogP contribution in [0.5, 0.6) is 5.88 Å². The molecule has 10 nitrogen and oxygen atoms in total. The molecule has 2 fully saturated rings. The van der Waals surface area contributed by atoms with Crippen LogP contribution in [0.1, 0.15) is 31.2 Å². The number of amides is 2. The Morgan fingerprint density at radius 1 is 1.10 bits per heavy atom. The number of fused-ring (bicyclic) bond motifs is 4. The van der Waals surface area contributed by atoms with E-state index >= 15 is 0 Å². The maximum absolute atomic E-state index is 13.6. The molecule has 0 radical (unpaired) electrons. The lowest BCUT2D eigenvalue weighted by atomic mass is 10.1. The normalized spacial score (nSPS) is 20.1. The second-order valence-corrected chi connectivity index (χ2v) is 10.1. The van der Waals surface area contributed by atoms with Gasteiger partial charge in [0.25, 0.3) is 0 Å². The number of carbonyl (C=O) groups excluding carboxylic acids is 1. The number of anilines is 3. The molecule has 3 aliphatic heterocycles. The topological polar surface area (TPSA) is 102 Å². The summed E-state index contributed by atoms with van der Waals surface area (Å²) in [6.07, 6.45) is 1.86. The second kappa shape index (κ2) is 11.5. The summed E-state index contributed by atoms with van der Waals surface area (Å²) in [4.78, 5) is 30.4. The van der Waals surface area contributed by atoms with Gasteiger partial charge in [-0.2, -0.15) is 18.2 Å². The third-order valence-corrected chi connectivity index (χ3v) is 7.28. The van der Waals surface area contributed by atoms with Crippen molar-refractivity contribution < 1.29 is 32.2 Å². The minimum Gasteiger partial charge on any atom is -0.474 e. The minimum absolute atomic E-state index is 0.154. The van der Waals surface area contributed by atoms with Gasteiger partial charge >= 0.3 is 12.2 Å². The second-order valence-electron chi connectivity index (χ2n) is 10.1. The van der Waals surface area contributed by atoms with Crippen LogP contribution >= 0.6 is 0 Å². The lowest BCUT2D eigenvalue weighted by Crippen LogP contribution is -2.48. The summed E-state index contributed by atoms with van der Waals surface area (Å²) in [5, 5.41) is 2.78. The zero-order chi connectivity index (χ0) is 28.4. The zero-order valence-electron chi connectivity index (χ0n) is 22.1. The average molecular weight is 571 g/mol. The van der Waals surface area contributed by atoms with E-state index in [-0.39, 0.29) is 30.6 Å². The van der Waals surface area contributed by atoms with E-state index in [1.165, 1.54) is 18.5 Å². The highest BCUT2D eigenvalue weighted by Gasteiger charge is 2.40. The number of pyridine rings is 1. The Bertz CT molecular complexity index is 1400. The van der Waals surface area contributed by atoms with Crippen LogP contribution < -0.4 is 19.9 Å². The third-order valence-electron chi connectivity index (χ3n) is 7.28. The maximum atomic E-state index is 13.6. The molecule has 2 bridgehead atoms. The Morgan fingerprint density at radius 3 is 2.83 bits per heavy atom. The van der Waals surface area contributed by atoms with Crippen molar-refractivity contribution in [3.63, 3.8) is 0 Å². The number of nitrogens with zero attached hydrogens (tertiary/aromatic N) is 5. The van der Waals surface area contributed by atoms with Gasteiger partial charge in [-0.1, -0.05) is 12.1 Å². The van der Waals surface area contributed by atoms with Gasteiger partial charge in [-0.05, 0) is 49.9 Å². The van der Waals surface area contributed by atoms with Crippen molar-refractivity contribution >= 4 is 23.4 Å². The molecule has 6 rings (SSSR count). The van der Waals surface area contributed by atoms with Crippen LogP contribution in [0.25, 0.3) is 11.3 Å². The molecule has 1 N–H and O–H groups in total. The summed E-state index contributed by atoms with van der Waals surface area (Å²) in [6.45, 7) is 2.63. The van der Waals surface area contributed by atoms with E-state index in [0.717, 1.165) is 50.0 Å². The highest BCUT2D eigenvalue weighted by atomic mass is 19.4. The Hall–Kier alpha value is -3.97. The van der Waals surface area contributed by atoms with Gasteiger partial charge in [-0.3, -0.25) is 15.2 Å². The van der Waals surface area contributed by atoms with E-state index < -0.39 is 17.8 Å². The van der Waals surface area contributed by atoms with Crippen molar-refractivity contribution in [3.8, 4) is 17.1 Å². The summed E-state index contributed by atoms with van der Waals surface area (Å²) >= 11 is 0. The summed E-state index contributed by atoms with van der Waals surface area (Å²) in [5.41, 5.74) is 0.633. The standard InChI is InChI=1S/C28H29F3N6O4/c29-28(30,31)19-5-3-4-18(14-19)21-7-8-22-26(33-21)37(20-9-10-36(22)17-20)27(38)35-23-15-32-16-24(34-23)39-12-13-41-25-6-1-2-11-40-25/h3-5,7-8,14-16,20,25H,1-2,6,9-13,17H2,(H,34,35,38). The largest absolute Gasteiger partial charge is 0.474 e. The molecular weight excluding hydrogens is 541 g/mol. The van der Waals surface area contributed by atoms with Crippen LogP contribution in [0.4, 0.5) is 35.3 Å². The Morgan fingerprint density at radius 2 is 2.00 bits per heavy atom. The number of hydrogen-bond donors (Lipinski definition) is 1. The zero-order valence-corrected chi connectivity index (χ0v) is 22.1. The van der Waals surface area contributed by atoms with Crippen LogP contribution in [0.15, 0.2) is 48.8 Å². The monoisotopic (exact) mass is 570 g/mol. The van der Waals surface area contributed by atoms with E-state index in [4.69, 9.17) is 14.2 Å². The van der Waals surface area contributed by atoms with Crippen molar-refractivity contribution in [3.05, 3.63) is 54.4 Å². The van der Waals surface area contributed by atoms with E-state index in [2.05, 4.69) is 25.2 Å². The molecule has 2 atom stereocenters. The number of alkyl halides is 3. The first-order valence-electron chi connectivity index (χ1n) is 13.6. The van der Waals surface area contributed by atoms with Crippen molar-refractivity contribution in [1.29, 1.82) is 0 Å². The van der Waals surface area contributed by atoms with E-state index in [9.17, 15) is 18.0 Å². The molecule has 2 amide bonds. The molecule has 3 aliphatic rings. The maximum Gasteiger partial charge on any atom is 0.416 e. The average Bonchev–Trinajstić information content (AvgIpc) is 3.39. The highest BCUT2D eigenvalue weighted by Crippen LogP contribution is 2.41. The van der Waals surface area contributed by atoms with Crippen molar-refractivity contribution in [2.24, 2.45) is 0 Å². The van der Waals surface area contributed by atoms with Crippen molar-refractivity contribution in [2.45, 2.75) is 44.2 Å². The van der Waals surface area contributed by atoms with Crippen LogP contribution in [-0.4, -0.2) is 66.2 Å². The van der Waals surface area contributed by atoms with Crippen molar-refractivity contribution in [2.75, 3.05) is 48.0 Å². The van der Waals surface area contributed by atoms with Gasteiger partial charge in [0.1, 0.15) is 6.61 Å². The molecule has 13 heteroatoms. The first-order valence-corrected chi connectivity index (χ1v) is 13.6. The highest BCUT2D eigenvalue weighted by molar-refractivity contribution is 6.04. The fourth-order valence-corrected chi connectivity index (χ4v) is 5.30. The number of nitrogens with one attached hydrogen (secondary N) is 1. The first kappa shape index (κ1) is 27.2. The molecule has 0 aliphatic carbocycles. The Labute approximate surface area is 234 Å². The molecule has 5 heterocycles. The lowest BCUT2D eigenvalue weighted by Gasteiger charge is -2.35. The Balaban J connectivity index is 1.17. The fraction of sp³-hybridized carbons (Fsp3) is 0.429. The molecule has 0 spiro atoms. The molecule has 2 aromatic heterocycles. The van der Waals surface area contributed by atoms with Gasteiger partial charge in [-0.25, -0.2) is 9.78 Å². The predicted octanol–water partition coefficient (Wildman–Crippen LogP) is 5.11. The van der Waals surface area contributed by atoms with Crippen LogP contribution in [0.3, 0.4) is 0 Å². The quantitative estimate of drug-likeness (QED) is 0.391. The van der Waals surface area contributed by atoms with E-state index in [0.29, 0.717) is 36.8 Å². The number of halogens is 3. The van der Waals surface area contributed by atoms with Gasteiger partial charge in [0.2, 0.25) is 5.88 Å². The molecule has 3 aromatic rings. The van der Waals surface area contributed by atoms with Crippen LogP contribution in [0.2, 0.25) is 0 Å². The number of aromatic nitrogens is 3. The molecule has 2 unspecified atom stereocenters. The summed E-state index contributed by atoms with van der Waals surface area (Å²) in [5.74, 6) is 0.806.